The second kappa shape index (κ2) is 8.42. The van der Waals surface area contributed by atoms with Crippen LogP contribution in [0, 0.1) is 12.7 Å². The van der Waals surface area contributed by atoms with E-state index in [1.54, 1.807) is 19.1 Å². The van der Waals surface area contributed by atoms with Crippen molar-refractivity contribution in [1.82, 2.24) is 0 Å². The van der Waals surface area contributed by atoms with Crippen molar-refractivity contribution in [2.45, 2.75) is 39.7 Å². The molecule has 138 valence electrons. The first kappa shape index (κ1) is 19.4. The van der Waals surface area contributed by atoms with Crippen LogP contribution >= 0.6 is 0 Å². The van der Waals surface area contributed by atoms with Crippen LogP contribution in [0.2, 0.25) is 0 Å². The lowest BCUT2D eigenvalue weighted by molar-refractivity contribution is -0.153. The number of ketones is 1. The van der Waals surface area contributed by atoms with E-state index in [0.717, 1.165) is 0 Å². The number of hydrogen-bond donors (Lipinski definition) is 1. The Morgan fingerprint density at radius 1 is 1.27 bits per heavy atom. The lowest BCUT2D eigenvalue weighted by Crippen LogP contribution is -2.30. The van der Waals surface area contributed by atoms with Gasteiger partial charge in [-0.05, 0) is 39.0 Å². The van der Waals surface area contributed by atoms with Gasteiger partial charge in [-0.25, -0.2) is 4.39 Å². The van der Waals surface area contributed by atoms with Gasteiger partial charge in [0.2, 0.25) is 0 Å². The summed E-state index contributed by atoms with van der Waals surface area (Å²) in [5.41, 5.74) is 0.495. The van der Waals surface area contributed by atoms with E-state index < -0.39 is 23.8 Å². The molecule has 1 unspecified atom stereocenters. The van der Waals surface area contributed by atoms with Crippen molar-refractivity contribution < 1.29 is 27.9 Å². The molecule has 0 aliphatic carbocycles. The van der Waals surface area contributed by atoms with E-state index in [1.165, 1.54) is 32.0 Å². The Hall–Kier alpha value is -2.96. The molecule has 2 rings (SSSR count). The summed E-state index contributed by atoms with van der Waals surface area (Å²) in [4.78, 5) is 35.3. The second-order valence-electron chi connectivity index (χ2n) is 5.84. The van der Waals surface area contributed by atoms with Crippen LogP contribution < -0.4 is 5.32 Å². The summed E-state index contributed by atoms with van der Waals surface area (Å²) >= 11 is 0. The molecular weight excluding hydrogens is 341 g/mol. The van der Waals surface area contributed by atoms with Crippen molar-refractivity contribution in [3.05, 3.63) is 53.2 Å². The van der Waals surface area contributed by atoms with E-state index in [4.69, 9.17) is 9.15 Å². The molecule has 0 bridgehead atoms. The molecule has 6 nitrogen and oxygen atoms in total. The summed E-state index contributed by atoms with van der Waals surface area (Å²) in [5, 5.41) is 2.37. The van der Waals surface area contributed by atoms with Gasteiger partial charge in [0.05, 0.1) is 17.7 Å². The highest BCUT2D eigenvalue weighted by Gasteiger charge is 2.19. The predicted octanol–water partition coefficient (Wildman–Crippen LogP) is 3.43. The number of carbonyl (C=O) groups excluding carboxylic acids is 3. The normalized spacial score (nSPS) is 11.7. The van der Waals surface area contributed by atoms with Gasteiger partial charge < -0.3 is 14.5 Å². The van der Waals surface area contributed by atoms with Crippen LogP contribution in [-0.4, -0.2) is 23.8 Å². The zero-order valence-electron chi connectivity index (χ0n) is 14.8. The number of halogens is 1. The van der Waals surface area contributed by atoms with E-state index >= 15 is 0 Å². The number of carbonyl (C=O) groups is 3. The van der Waals surface area contributed by atoms with E-state index in [2.05, 4.69) is 5.32 Å². The Kier molecular flexibility index (Phi) is 6.27. The Bertz CT molecular complexity index is 827. The van der Waals surface area contributed by atoms with Gasteiger partial charge in [-0.15, -0.1) is 0 Å². The fraction of sp³-hybridized carbons (Fsp3) is 0.316. The molecule has 0 aliphatic heterocycles. The summed E-state index contributed by atoms with van der Waals surface area (Å²) in [5.74, 6) is -0.922. The molecule has 7 heteroatoms. The van der Waals surface area contributed by atoms with E-state index in [-0.39, 0.29) is 24.3 Å². The van der Waals surface area contributed by atoms with Crippen molar-refractivity contribution in [3.8, 4) is 0 Å². The van der Waals surface area contributed by atoms with Crippen LogP contribution in [0.4, 0.5) is 10.1 Å². The largest absolute Gasteiger partial charge is 0.466 e. The van der Waals surface area contributed by atoms with Crippen LogP contribution in [-0.2, 0) is 20.7 Å². The minimum atomic E-state index is -1.08. The lowest BCUT2D eigenvalue weighted by Gasteiger charge is -2.13. The Balaban J connectivity index is 1.85. The van der Waals surface area contributed by atoms with Gasteiger partial charge in [0.1, 0.15) is 17.3 Å². The molecule has 1 atom stereocenters. The van der Waals surface area contributed by atoms with Crippen molar-refractivity contribution in [2.75, 3.05) is 5.32 Å². The molecule has 0 fully saturated rings. The minimum Gasteiger partial charge on any atom is -0.466 e. The highest BCUT2D eigenvalue weighted by atomic mass is 19.1. The fourth-order valence-corrected chi connectivity index (χ4v) is 2.35. The maximum absolute atomic E-state index is 13.5. The first-order valence-corrected chi connectivity index (χ1v) is 8.13. The summed E-state index contributed by atoms with van der Waals surface area (Å²) in [6.45, 7) is 4.51. The first-order chi connectivity index (χ1) is 12.3. The van der Waals surface area contributed by atoms with Crippen LogP contribution in [0.1, 0.15) is 42.1 Å². The van der Waals surface area contributed by atoms with Gasteiger partial charge in [0, 0.05) is 6.42 Å². The quantitative estimate of drug-likeness (QED) is 0.603. The number of nitrogens with one attached hydrogen (secondary N) is 1. The summed E-state index contributed by atoms with van der Waals surface area (Å²) in [6.07, 6.45) is -0.843. The smallest absolute Gasteiger partial charge is 0.307 e. The SMILES string of the molecule is CC(=O)c1cc(CCC(=O)OC(C)C(=O)Nc2ccccc2F)oc1C. The number of aryl methyl sites for hydroxylation is 2. The molecule has 2 aromatic rings. The van der Waals surface area contributed by atoms with E-state index in [1.807, 2.05) is 0 Å². The molecule has 0 aliphatic rings. The molecule has 1 aromatic heterocycles. The van der Waals surface area contributed by atoms with Crippen molar-refractivity contribution >= 4 is 23.3 Å². The molecule has 1 N–H and O–H groups in total. The average molecular weight is 361 g/mol. The highest BCUT2D eigenvalue weighted by molar-refractivity contribution is 5.95. The molecule has 1 aromatic carbocycles. The zero-order chi connectivity index (χ0) is 19.3. The second-order valence-corrected chi connectivity index (χ2v) is 5.84. The third-order valence-electron chi connectivity index (χ3n) is 3.73. The maximum atomic E-state index is 13.5. The van der Waals surface area contributed by atoms with Gasteiger partial charge in [-0.2, -0.15) is 0 Å². The van der Waals surface area contributed by atoms with Crippen molar-refractivity contribution in [1.29, 1.82) is 0 Å². The van der Waals surface area contributed by atoms with Crippen LogP contribution in [0.3, 0.4) is 0 Å². The van der Waals surface area contributed by atoms with E-state index in [9.17, 15) is 18.8 Å². The van der Waals surface area contributed by atoms with Crippen molar-refractivity contribution in [3.63, 3.8) is 0 Å². The van der Waals surface area contributed by atoms with Gasteiger partial charge in [0.15, 0.2) is 11.9 Å². The first-order valence-electron chi connectivity index (χ1n) is 8.13. The third kappa shape index (κ3) is 5.02. The number of para-hydroxylation sites is 1. The number of esters is 1. The molecular formula is C19H20FNO5. The number of amides is 1. The van der Waals surface area contributed by atoms with Gasteiger partial charge in [-0.3, -0.25) is 14.4 Å². The molecule has 0 saturated heterocycles. The molecule has 1 amide bonds. The van der Waals surface area contributed by atoms with Crippen LogP contribution in [0.25, 0.3) is 0 Å². The highest BCUT2D eigenvalue weighted by Crippen LogP contribution is 2.17. The number of Topliss-reactive ketones (excluding diaryl/α,β-unsaturated/α-hetero) is 1. The summed E-state index contributed by atoms with van der Waals surface area (Å²) in [6, 6.07) is 7.30. The Morgan fingerprint density at radius 3 is 2.58 bits per heavy atom. The van der Waals surface area contributed by atoms with Gasteiger partial charge >= 0.3 is 5.97 Å². The molecule has 26 heavy (non-hydrogen) atoms. The number of hydrogen-bond acceptors (Lipinski definition) is 5. The topological polar surface area (TPSA) is 85.6 Å². The van der Waals surface area contributed by atoms with Crippen molar-refractivity contribution in [2.24, 2.45) is 0 Å². The van der Waals surface area contributed by atoms with Gasteiger partial charge in [-0.1, -0.05) is 12.1 Å². The van der Waals surface area contributed by atoms with Crippen LogP contribution in [0.15, 0.2) is 34.7 Å². The number of benzene rings is 1. The third-order valence-corrected chi connectivity index (χ3v) is 3.73. The number of anilines is 1. The predicted molar refractivity (Wildman–Crippen MR) is 92.4 cm³/mol. The van der Waals surface area contributed by atoms with Crippen LogP contribution in [0.5, 0.6) is 0 Å². The average Bonchev–Trinajstić information content (AvgIpc) is 2.96. The lowest BCUT2D eigenvalue weighted by atomic mass is 10.1. The molecule has 1 heterocycles. The Labute approximate surface area is 150 Å². The monoisotopic (exact) mass is 361 g/mol. The van der Waals surface area contributed by atoms with E-state index in [0.29, 0.717) is 17.1 Å². The molecule has 0 saturated carbocycles. The summed E-state index contributed by atoms with van der Waals surface area (Å²) < 4.78 is 24.0. The van der Waals surface area contributed by atoms with Gasteiger partial charge in [0.25, 0.3) is 5.91 Å². The molecule has 0 radical (unpaired) electrons. The zero-order valence-corrected chi connectivity index (χ0v) is 14.8. The fourth-order valence-electron chi connectivity index (χ4n) is 2.35. The summed E-state index contributed by atoms with van der Waals surface area (Å²) in [7, 11) is 0. The minimum absolute atomic E-state index is 0.0123. The number of rotatable bonds is 7. The number of ether oxygens (including phenoxy) is 1. The number of furan rings is 1. The Morgan fingerprint density at radius 2 is 1.96 bits per heavy atom. The maximum Gasteiger partial charge on any atom is 0.307 e. The molecule has 0 spiro atoms. The standard InChI is InChI=1S/C19H20FNO5/c1-11(22)15-10-14(25-12(15)2)8-9-18(23)26-13(3)19(24)21-17-7-5-4-6-16(17)20/h4-7,10,13H,8-9H2,1-3H3,(H,21,24).